The lowest BCUT2D eigenvalue weighted by Crippen LogP contribution is -2.21. The monoisotopic (exact) mass is 206 g/mol. The van der Waals surface area contributed by atoms with Crippen molar-refractivity contribution < 1.29 is 14.2 Å². The normalized spacial score (nSPS) is 32.7. The van der Waals surface area contributed by atoms with Gasteiger partial charge in [-0.15, -0.1) is 0 Å². The Bertz CT molecular complexity index is 325. The van der Waals surface area contributed by atoms with Crippen molar-refractivity contribution in [3.05, 3.63) is 35.9 Å². The van der Waals surface area contributed by atoms with Crippen LogP contribution in [-0.4, -0.2) is 31.5 Å². The summed E-state index contributed by atoms with van der Waals surface area (Å²) < 4.78 is 16.5. The van der Waals surface area contributed by atoms with E-state index >= 15 is 0 Å². The Hall–Kier alpha value is -0.900. The number of fused-ring (bicyclic) bond motifs is 1. The van der Waals surface area contributed by atoms with Gasteiger partial charge in [-0.3, -0.25) is 0 Å². The van der Waals surface area contributed by atoms with E-state index in [4.69, 9.17) is 14.2 Å². The van der Waals surface area contributed by atoms with Crippen molar-refractivity contribution in [2.24, 2.45) is 0 Å². The minimum absolute atomic E-state index is 0.152. The van der Waals surface area contributed by atoms with Crippen LogP contribution in [0.5, 0.6) is 0 Å². The molecule has 3 atom stereocenters. The molecule has 3 heteroatoms. The van der Waals surface area contributed by atoms with Gasteiger partial charge in [0, 0.05) is 0 Å². The molecule has 2 heterocycles. The van der Waals surface area contributed by atoms with Crippen molar-refractivity contribution in [1.29, 1.82) is 0 Å². The van der Waals surface area contributed by atoms with Crippen LogP contribution >= 0.6 is 0 Å². The molecule has 1 aromatic rings. The molecule has 0 bridgehead atoms. The first-order valence-corrected chi connectivity index (χ1v) is 5.32. The molecule has 15 heavy (non-hydrogen) atoms. The zero-order chi connectivity index (χ0) is 10.1. The molecule has 0 saturated carbocycles. The highest BCUT2D eigenvalue weighted by Gasteiger charge is 2.51. The second kappa shape index (κ2) is 3.93. The first-order chi connectivity index (χ1) is 7.43. The van der Waals surface area contributed by atoms with E-state index in [9.17, 15) is 0 Å². The topological polar surface area (TPSA) is 31.0 Å². The fraction of sp³-hybridized carbons (Fsp3) is 0.500. The summed E-state index contributed by atoms with van der Waals surface area (Å²) in [7, 11) is 0. The van der Waals surface area contributed by atoms with Gasteiger partial charge in [0.1, 0.15) is 18.3 Å². The molecule has 0 spiro atoms. The van der Waals surface area contributed by atoms with Crippen LogP contribution in [0.15, 0.2) is 30.3 Å². The average molecular weight is 206 g/mol. The highest BCUT2D eigenvalue weighted by Crippen LogP contribution is 2.34. The molecule has 0 amide bonds. The van der Waals surface area contributed by atoms with E-state index < -0.39 is 0 Å². The Morgan fingerprint density at radius 3 is 2.80 bits per heavy atom. The summed E-state index contributed by atoms with van der Waals surface area (Å²) >= 11 is 0. The number of rotatable bonds is 4. The Kier molecular flexibility index (Phi) is 2.44. The number of ether oxygens (including phenoxy) is 3. The van der Waals surface area contributed by atoms with E-state index in [0.29, 0.717) is 25.4 Å². The van der Waals surface area contributed by atoms with Gasteiger partial charge in [0.2, 0.25) is 0 Å². The van der Waals surface area contributed by atoms with Crippen LogP contribution in [0.3, 0.4) is 0 Å². The molecule has 0 unspecified atom stereocenters. The fourth-order valence-electron chi connectivity index (χ4n) is 1.94. The third-order valence-corrected chi connectivity index (χ3v) is 2.86. The van der Waals surface area contributed by atoms with Crippen molar-refractivity contribution in [2.75, 3.05) is 13.2 Å². The Morgan fingerprint density at radius 2 is 2.13 bits per heavy atom. The zero-order valence-electron chi connectivity index (χ0n) is 8.46. The number of epoxide rings is 1. The molecular weight excluding hydrogens is 192 g/mol. The summed E-state index contributed by atoms with van der Waals surface area (Å²) in [5, 5.41) is 0. The molecule has 0 aliphatic carbocycles. The van der Waals surface area contributed by atoms with Crippen LogP contribution in [-0.2, 0) is 20.8 Å². The van der Waals surface area contributed by atoms with E-state index in [0.717, 1.165) is 6.61 Å². The minimum atomic E-state index is 0.152. The van der Waals surface area contributed by atoms with Crippen LogP contribution in [0.4, 0.5) is 0 Å². The van der Waals surface area contributed by atoms with Gasteiger partial charge in [0.25, 0.3) is 0 Å². The van der Waals surface area contributed by atoms with Crippen LogP contribution in [0, 0.1) is 0 Å². The van der Waals surface area contributed by atoms with Gasteiger partial charge in [-0.2, -0.15) is 0 Å². The van der Waals surface area contributed by atoms with E-state index in [2.05, 4.69) is 12.1 Å². The lowest BCUT2D eigenvalue weighted by molar-refractivity contribution is -0.0322. The lowest BCUT2D eigenvalue weighted by atomic mass is 10.2. The van der Waals surface area contributed by atoms with Gasteiger partial charge in [-0.1, -0.05) is 30.3 Å². The van der Waals surface area contributed by atoms with Gasteiger partial charge in [0.05, 0.1) is 19.8 Å². The van der Waals surface area contributed by atoms with Crippen LogP contribution in [0.2, 0.25) is 0 Å². The first kappa shape index (κ1) is 9.33. The zero-order valence-corrected chi connectivity index (χ0v) is 8.46. The van der Waals surface area contributed by atoms with Gasteiger partial charge in [-0.05, 0) is 5.56 Å². The first-order valence-electron chi connectivity index (χ1n) is 5.32. The molecule has 0 aromatic heterocycles. The maximum Gasteiger partial charge on any atom is 0.115 e. The van der Waals surface area contributed by atoms with E-state index in [1.54, 1.807) is 0 Å². The summed E-state index contributed by atoms with van der Waals surface area (Å²) in [6.07, 6.45) is 0.815. The fourth-order valence-corrected chi connectivity index (χ4v) is 1.94. The number of benzene rings is 1. The molecule has 1 aromatic carbocycles. The maximum absolute atomic E-state index is 5.60. The third kappa shape index (κ3) is 2.04. The molecule has 0 radical (unpaired) electrons. The number of hydrogen-bond donors (Lipinski definition) is 0. The summed E-state index contributed by atoms with van der Waals surface area (Å²) in [5.74, 6) is 0. The summed E-state index contributed by atoms with van der Waals surface area (Å²) in [5.41, 5.74) is 1.20. The SMILES string of the molecule is c1ccc(COC[C@H]2OC[C@@H]3O[C@@H]32)cc1. The van der Waals surface area contributed by atoms with Gasteiger partial charge >= 0.3 is 0 Å². The second-order valence-corrected chi connectivity index (χ2v) is 4.01. The summed E-state index contributed by atoms with van der Waals surface area (Å²) in [6.45, 7) is 2.03. The molecule has 2 saturated heterocycles. The highest BCUT2D eigenvalue weighted by molar-refractivity contribution is 5.13. The van der Waals surface area contributed by atoms with Gasteiger partial charge < -0.3 is 14.2 Å². The van der Waals surface area contributed by atoms with Gasteiger partial charge in [-0.25, -0.2) is 0 Å². The maximum atomic E-state index is 5.60. The van der Waals surface area contributed by atoms with Crippen LogP contribution in [0.25, 0.3) is 0 Å². The Balaban J connectivity index is 1.43. The molecule has 2 fully saturated rings. The van der Waals surface area contributed by atoms with Crippen molar-refractivity contribution in [3.8, 4) is 0 Å². The molecule has 3 nitrogen and oxygen atoms in total. The molecule has 0 N–H and O–H groups in total. The minimum Gasteiger partial charge on any atom is -0.374 e. The van der Waals surface area contributed by atoms with Crippen molar-refractivity contribution in [3.63, 3.8) is 0 Å². The third-order valence-electron chi connectivity index (χ3n) is 2.86. The predicted octanol–water partition coefficient (Wildman–Crippen LogP) is 1.37. The molecule has 2 aliphatic heterocycles. The highest BCUT2D eigenvalue weighted by atomic mass is 16.7. The largest absolute Gasteiger partial charge is 0.374 e. The Labute approximate surface area is 89.0 Å². The van der Waals surface area contributed by atoms with E-state index in [1.807, 2.05) is 18.2 Å². The Morgan fingerprint density at radius 1 is 1.27 bits per heavy atom. The lowest BCUT2D eigenvalue weighted by Gasteiger charge is -2.11. The quantitative estimate of drug-likeness (QED) is 0.697. The van der Waals surface area contributed by atoms with Crippen LogP contribution in [0.1, 0.15) is 5.56 Å². The van der Waals surface area contributed by atoms with Crippen molar-refractivity contribution >= 4 is 0 Å². The molecule has 2 aliphatic rings. The van der Waals surface area contributed by atoms with E-state index in [-0.39, 0.29) is 6.10 Å². The predicted molar refractivity (Wildman–Crippen MR) is 54.5 cm³/mol. The van der Waals surface area contributed by atoms with Gasteiger partial charge in [0.15, 0.2) is 0 Å². The summed E-state index contributed by atoms with van der Waals surface area (Å²) in [6, 6.07) is 10.2. The number of hydrogen-bond acceptors (Lipinski definition) is 3. The smallest absolute Gasteiger partial charge is 0.115 e. The van der Waals surface area contributed by atoms with Crippen molar-refractivity contribution in [1.82, 2.24) is 0 Å². The van der Waals surface area contributed by atoms with Crippen LogP contribution < -0.4 is 0 Å². The molecular formula is C12H14O3. The molecule has 3 rings (SSSR count). The summed E-state index contributed by atoms with van der Waals surface area (Å²) in [4.78, 5) is 0. The molecule has 80 valence electrons. The van der Waals surface area contributed by atoms with Crippen molar-refractivity contribution in [2.45, 2.75) is 24.9 Å². The van der Waals surface area contributed by atoms with E-state index in [1.165, 1.54) is 5.56 Å². The second-order valence-electron chi connectivity index (χ2n) is 4.01. The standard InChI is InChI=1S/C12H14O3/c1-2-4-9(5-3-1)6-13-7-10-12-11(15-12)8-14-10/h1-5,10-12H,6-8H2/t10-,11+,12-/m1/s1. The average Bonchev–Trinajstić information content (AvgIpc) is 2.96.